The Kier molecular flexibility index (Phi) is 4.95. The lowest BCUT2D eigenvalue weighted by atomic mass is 10.1. The van der Waals surface area contributed by atoms with Crippen LogP contribution in [0.1, 0.15) is 18.5 Å². The molecule has 0 aromatic heterocycles. The van der Waals surface area contributed by atoms with E-state index in [0.29, 0.717) is 0 Å². The molecule has 0 heterocycles. The summed E-state index contributed by atoms with van der Waals surface area (Å²) in [5.41, 5.74) is 1.99. The van der Waals surface area contributed by atoms with Crippen molar-refractivity contribution in [3.8, 4) is 5.75 Å². The van der Waals surface area contributed by atoms with E-state index in [0.717, 1.165) is 15.7 Å². The fourth-order valence-corrected chi connectivity index (χ4v) is 2.08. The molecule has 0 saturated carbocycles. The van der Waals surface area contributed by atoms with Crippen LogP contribution in [-0.4, -0.2) is 6.61 Å². The summed E-state index contributed by atoms with van der Waals surface area (Å²) in [5, 5.41) is 3.34. The van der Waals surface area contributed by atoms with Gasteiger partial charge < -0.3 is 10.1 Å². The zero-order valence-corrected chi connectivity index (χ0v) is 12.4. The van der Waals surface area contributed by atoms with E-state index < -0.39 is 6.61 Å². The van der Waals surface area contributed by atoms with Crippen LogP contribution >= 0.6 is 15.9 Å². The number of nitrogens with one attached hydrogen (secondary N) is 1. The fraction of sp³-hybridized carbons (Fsp3) is 0.200. The van der Waals surface area contributed by atoms with Gasteiger partial charge in [0.05, 0.1) is 0 Å². The van der Waals surface area contributed by atoms with Gasteiger partial charge in [0.2, 0.25) is 0 Å². The normalized spacial score (nSPS) is 12.2. The van der Waals surface area contributed by atoms with Gasteiger partial charge >= 0.3 is 6.61 Å². The molecule has 5 heteroatoms. The molecule has 0 spiro atoms. The Morgan fingerprint density at radius 2 is 1.60 bits per heavy atom. The molecule has 0 aliphatic rings. The van der Waals surface area contributed by atoms with Gasteiger partial charge in [-0.2, -0.15) is 8.78 Å². The van der Waals surface area contributed by atoms with Crippen LogP contribution in [0.15, 0.2) is 53.0 Å². The van der Waals surface area contributed by atoms with E-state index in [1.165, 1.54) is 0 Å². The van der Waals surface area contributed by atoms with Gasteiger partial charge in [0.25, 0.3) is 0 Å². The van der Waals surface area contributed by atoms with Crippen molar-refractivity contribution in [3.05, 3.63) is 58.6 Å². The SMILES string of the molecule is CC(Nc1ccc(Br)cc1)c1ccc(OC(F)F)cc1. The summed E-state index contributed by atoms with van der Waals surface area (Å²) in [6, 6.07) is 14.5. The van der Waals surface area contributed by atoms with Crippen molar-refractivity contribution < 1.29 is 13.5 Å². The molecular weight excluding hydrogens is 328 g/mol. The van der Waals surface area contributed by atoms with Gasteiger partial charge in [-0.05, 0) is 48.9 Å². The van der Waals surface area contributed by atoms with Crippen molar-refractivity contribution in [2.45, 2.75) is 19.6 Å². The monoisotopic (exact) mass is 341 g/mol. The number of benzene rings is 2. The van der Waals surface area contributed by atoms with Crippen LogP contribution in [0.25, 0.3) is 0 Å². The second-order valence-corrected chi connectivity index (χ2v) is 5.24. The molecule has 2 aromatic carbocycles. The molecule has 0 bridgehead atoms. The van der Waals surface area contributed by atoms with Crippen molar-refractivity contribution in [2.24, 2.45) is 0 Å². The molecule has 106 valence electrons. The van der Waals surface area contributed by atoms with Crippen LogP contribution in [0.5, 0.6) is 5.75 Å². The Bertz CT molecular complexity index is 543. The number of halogens is 3. The summed E-state index contributed by atoms with van der Waals surface area (Å²) < 4.78 is 29.5. The van der Waals surface area contributed by atoms with Gasteiger partial charge in [-0.15, -0.1) is 0 Å². The fourth-order valence-electron chi connectivity index (χ4n) is 1.82. The highest BCUT2D eigenvalue weighted by Crippen LogP contribution is 2.23. The maximum absolute atomic E-state index is 12.1. The Morgan fingerprint density at radius 3 is 2.15 bits per heavy atom. The first-order chi connectivity index (χ1) is 9.54. The standard InChI is InChI=1S/C15H14BrF2NO/c1-10(19-13-6-4-12(16)5-7-13)11-2-8-14(9-3-11)20-15(17)18/h2-10,15,19H,1H3. The highest BCUT2D eigenvalue weighted by Gasteiger charge is 2.07. The largest absolute Gasteiger partial charge is 0.435 e. The Balaban J connectivity index is 2.01. The van der Waals surface area contributed by atoms with Crippen LogP contribution in [-0.2, 0) is 0 Å². The molecule has 1 unspecified atom stereocenters. The third-order valence-electron chi connectivity index (χ3n) is 2.83. The molecular formula is C15H14BrF2NO. The third-order valence-corrected chi connectivity index (χ3v) is 3.36. The van der Waals surface area contributed by atoms with Crippen LogP contribution < -0.4 is 10.1 Å². The average molecular weight is 342 g/mol. The van der Waals surface area contributed by atoms with E-state index in [1.807, 2.05) is 31.2 Å². The van der Waals surface area contributed by atoms with E-state index in [1.54, 1.807) is 24.3 Å². The van der Waals surface area contributed by atoms with Crippen LogP contribution in [0.4, 0.5) is 14.5 Å². The van der Waals surface area contributed by atoms with Crippen molar-refractivity contribution in [3.63, 3.8) is 0 Å². The lowest BCUT2D eigenvalue weighted by Crippen LogP contribution is -2.07. The lowest BCUT2D eigenvalue weighted by Gasteiger charge is -2.16. The number of hydrogen-bond donors (Lipinski definition) is 1. The predicted octanol–water partition coefficient (Wildman–Crippen LogP) is 5.22. The van der Waals surface area contributed by atoms with Crippen LogP contribution in [0.3, 0.4) is 0 Å². The van der Waals surface area contributed by atoms with Gasteiger partial charge in [0.1, 0.15) is 5.75 Å². The third kappa shape index (κ3) is 4.20. The van der Waals surface area contributed by atoms with Crippen molar-refractivity contribution >= 4 is 21.6 Å². The quantitative estimate of drug-likeness (QED) is 0.804. The van der Waals surface area contributed by atoms with Crippen LogP contribution in [0.2, 0.25) is 0 Å². The minimum atomic E-state index is -2.79. The van der Waals surface area contributed by atoms with E-state index in [4.69, 9.17) is 0 Å². The molecule has 0 saturated heterocycles. The Labute approximate surface area is 124 Å². The van der Waals surface area contributed by atoms with Gasteiger partial charge in [-0.25, -0.2) is 0 Å². The molecule has 0 amide bonds. The summed E-state index contributed by atoms with van der Waals surface area (Å²) >= 11 is 3.38. The summed E-state index contributed by atoms with van der Waals surface area (Å²) in [7, 11) is 0. The smallest absolute Gasteiger partial charge is 0.387 e. The number of anilines is 1. The zero-order valence-electron chi connectivity index (χ0n) is 10.8. The van der Waals surface area contributed by atoms with E-state index in [9.17, 15) is 8.78 Å². The maximum Gasteiger partial charge on any atom is 0.387 e. The number of alkyl halides is 2. The molecule has 1 atom stereocenters. The van der Waals surface area contributed by atoms with Crippen molar-refractivity contribution in [1.29, 1.82) is 0 Å². The van der Waals surface area contributed by atoms with Gasteiger partial charge in [0, 0.05) is 16.2 Å². The summed E-state index contributed by atoms with van der Waals surface area (Å²) in [4.78, 5) is 0. The van der Waals surface area contributed by atoms with E-state index >= 15 is 0 Å². The Morgan fingerprint density at radius 1 is 1.00 bits per heavy atom. The molecule has 0 radical (unpaired) electrons. The average Bonchev–Trinajstić information content (AvgIpc) is 2.41. The number of ether oxygens (including phenoxy) is 1. The predicted molar refractivity (Wildman–Crippen MR) is 79.3 cm³/mol. The van der Waals surface area contributed by atoms with Crippen LogP contribution in [0, 0.1) is 0 Å². The first-order valence-electron chi connectivity index (χ1n) is 6.11. The molecule has 0 aliphatic carbocycles. The Hall–Kier alpha value is -1.62. The second kappa shape index (κ2) is 6.70. The van der Waals surface area contributed by atoms with Gasteiger partial charge in [0.15, 0.2) is 0 Å². The molecule has 2 nitrogen and oxygen atoms in total. The van der Waals surface area contributed by atoms with E-state index in [-0.39, 0.29) is 11.8 Å². The molecule has 0 fully saturated rings. The minimum Gasteiger partial charge on any atom is -0.435 e. The minimum absolute atomic E-state index is 0.0665. The molecule has 20 heavy (non-hydrogen) atoms. The highest BCUT2D eigenvalue weighted by atomic mass is 79.9. The highest BCUT2D eigenvalue weighted by molar-refractivity contribution is 9.10. The maximum atomic E-state index is 12.1. The molecule has 1 N–H and O–H groups in total. The van der Waals surface area contributed by atoms with E-state index in [2.05, 4.69) is 26.0 Å². The van der Waals surface area contributed by atoms with Crippen molar-refractivity contribution in [2.75, 3.05) is 5.32 Å². The second-order valence-electron chi connectivity index (χ2n) is 4.32. The first-order valence-corrected chi connectivity index (χ1v) is 6.91. The topological polar surface area (TPSA) is 21.3 Å². The van der Waals surface area contributed by atoms with Gasteiger partial charge in [-0.3, -0.25) is 0 Å². The summed E-state index contributed by atoms with van der Waals surface area (Å²) in [6.07, 6.45) is 0. The van der Waals surface area contributed by atoms with Gasteiger partial charge in [-0.1, -0.05) is 28.1 Å². The molecule has 2 rings (SSSR count). The summed E-state index contributed by atoms with van der Waals surface area (Å²) in [6.45, 7) is -0.787. The lowest BCUT2D eigenvalue weighted by molar-refractivity contribution is -0.0498. The molecule has 0 aliphatic heterocycles. The van der Waals surface area contributed by atoms with Crippen molar-refractivity contribution in [1.82, 2.24) is 0 Å². The number of hydrogen-bond acceptors (Lipinski definition) is 2. The number of rotatable bonds is 5. The molecule has 2 aromatic rings. The summed E-state index contributed by atoms with van der Waals surface area (Å²) in [5.74, 6) is 0.166. The zero-order chi connectivity index (χ0) is 14.5. The first kappa shape index (κ1) is 14.8.